The lowest BCUT2D eigenvalue weighted by Crippen LogP contribution is -2.49. The molecule has 0 bridgehead atoms. The van der Waals surface area contributed by atoms with Crippen LogP contribution in [0.25, 0.3) is 11.3 Å². The van der Waals surface area contributed by atoms with Gasteiger partial charge in [-0.1, -0.05) is 0 Å². The second kappa shape index (κ2) is 8.16. The highest BCUT2D eigenvalue weighted by Gasteiger charge is 2.35. The van der Waals surface area contributed by atoms with Gasteiger partial charge in [-0.25, -0.2) is 23.7 Å². The molecule has 2 aromatic heterocycles. The normalized spacial score (nSPS) is 16.9. The molecule has 7 nitrogen and oxygen atoms in total. The van der Waals surface area contributed by atoms with Crippen LogP contribution in [0.15, 0.2) is 30.6 Å². The first-order valence-corrected chi connectivity index (χ1v) is 11.3. The predicted octanol–water partition coefficient (Wildman–Crippen LogP) is 4.89. The fraction of sp³-hybridized carbons (Fsp3) is 0.400. The second-order valence-corrected chi connectivity index (χ2v) is 9.92. The summed E-state index contributed by atoms with van der Waals surface area (Å²) in [5, 5.41) is 3.05. The molecule has 1 N–H and O–H groups in total. The molecule has 0 spiro atoms. The number of pyridine rings is 1. The van der Waals surface area contributed by atoms with Crippen LogP contribution < -0.4 is 15.0 Å². The molecule has 2 aliphatic rings. The standard InChI is InChI=1S/C25H28F2N6O/c1-14(2)33-13-25(3,4)34-23-18(26)6-15(7-20(23)33)22-19(27)10-29-24(31-22)30-21-8-16-11-32(5)12-17(16)9-28-21/h6-10,14H,11-13H2,1-5H3,(H,28,29,30,31). The quantitative estimate of drug-likeness (QED) is 0.587. The highest BCUT2D eigenvalue weighted by atomic mass is 19.1. The van der Waals surface area contributed by atoms with Crippen molar-refractivity contribution in [2.24, 2.45) is 0 Å². The third-order valence-electron chi connectivity index (χ3n) is 6.11. The van der Waals surface area contributed by atoms with Crippen molar-refractivity contribution in [2.75, 3.05) is 23.8 Å². The summed E-state index contributed by atoms with van der Waals surface area (Å²) in [6, 6.07) is 5.04. The third-order valence-corrected chi connectivity index (χ3v) is 6.11. The first-order valence-electron chi connectivity index (χ1n) is 11.3. The van der Waals surface area contributed by atoms with Crippen molar-refractivity contribution in [1.29, 1.82) is 0 Å². The minimum absolute atomic E-state index is 0.00799. The van der Waals surface area contributed by atoms with E-state index in [2.05, 4.69) is 30.1 Å². The van der Waals surface area contributed by atoms with Gasteiger partial charge in [0, 0.05) is 30.9 Å². The molecular formula is C25H28F2N6O. The molecule has 3 aromatic rings. The van der Waals surface area contributed by atoms with Crippen LogP contribution in [0.3, 0.4) is 0 Å². The van der Waals surface area contributed by atoms with E-state index in [1.54, 1.807) is 6.07 Å². The molecule has 0 unspecified atom stereocenters. The summed E-state index contributed by atoms with van der Waals surface area (Å²) in [6.07, 6.45) is 2.91. The molecule has 1 aromatic carbocycles. The fourth-order valence-corrected chi connectivity index (χ4v) is 4.56. The van der Waals surface area contributed by atoms with Crippen molar-refractivity contribution >= 4 is 17.5 Å². The van der Waals surface area contributed by atoms with Crippen molar-refractivity contribution in [3.8, 4) is 17.0 Å². The van der Waals surface area contributed by atoms with Gasteiger partial charge in [0.2, 0.25) is 5.95 Å². The molecule has 34 heavy (non-hydrogen) atoms. The van der Waals surface area contributed by atoms with Gasteiger partial charge in [-0.2, -0.15) is 0 Å². The molecule has 4 heterocycles. The Labute approximate surface area is 197 Å². The summed E-state index contributed by atoms with van der Waals surface area (Å²) >= 11 is 0. The van der Waals surface area contributed by atoms with Crippen LogP contribution in [-0.4, -0.2) is 45.1 Å². The monoisotopic (exact) mass is 466 g/mol. The van der Waals surface area contributed by atoms with Crippen LogP contribution in [0.1, 0.15) is 38.8 Å². The minimum Gasteiger partial charge on any atom is -0.481 e. The number of hydrogen-bond acceptors (Lipinski definition) is 7. The lowest BCUT2D eigenvalue weighted by molar-refractivity contribution is 0.0967. The molecule has 0 aliphatic carbocycles. The van der Waals surface area contributed by atoms with E-state index in [1.807, 2.05) is 47.0 Å². The van der Waals surface area contributed by atoms with Crippen LogP contribution >= 0.6 is 0 Å². The van der Waals surface area contributed by atoms with Gasteiger partial charge in [0.1, 0.15) is 17.1 Å². The first-order chi connectivity index (χ1) is 16.1. The molecule has 5 rings (SSSR count). The van der Waals surface area contributed by atoms with Crippen molar-refractivity contribution in [1.82, 2.24) is 19.9 Å². The van der Waals surface area contributed by atoms with Gasteiger partial charge in [0.05, 0.1) is 18.4 Å². The Kier molecular flexibility index (Phi) is 5.39. The fourth-order valence-electron chi connectivity index (χ4n) is 4.56. The number of ether oxygens (including phenoxy) is 1. The maximum Gasteiger partial charge on any atom is 0.229 e. The highest BCUT2D eigenvalue weighted by Crippen LogP contribution is 2.43. The van der Waals surface area contributed by atoms with Gasteiger partial charge >= 0.3 is 0 Å². The zero-order valence-corrected chi connectivity index (χ0v) is 20.0. The average Bonchev–Trinajstić information content (AvgIpc) is 3.14. The second-order valence-electron chi connectivity index (χ2n) is 9.92. The molecular weight excluding hydrogens is 438 g/mol. The van der Waals surface area contributed by atoms with Gasteiger partial charge < -0.3 is 15.0 Å². The number of nitrogens with one attached hydrogen (secondary N) is 1. The molecule has 0 atom stereocenters. The maximum absolute atomic E-state index is 15.2. The van der Waals surface area contributed by atoms with E-state index in [4.69, 9.17) is 4.74 Å². The summed E-state index contributed by atoms with van der Waals surface area (Å²) in [7, 11) is 2.05. The van der Waals surface area contributed by atoms with E-state index in [9.17, 15) is 4.39 Å². The maximum atomic E-state index is 15.2. The van der Waals surface area contributed by atoms with E-state index >= 15 is 4.39 Å². The SMILES string of the molecule is CC(C)N1CC(C)(C)Oc2c(F)cc(-c3nc(Nc4cc5c(cn4)CN(C)C5)ncc3F)cc21. The number of aromatic nitrogens is 3. The van der Waals surface area contributed by atoms with Crippen molar-refractivity contribution < 1.29 is 13.5 Å². The average molecular weight is 467 g/mol. The van der Waals surface area contributed by atoms with Gasteiger partial charge in [0.25, 0.3) is 0 Å². The number of anilines is 3. The summed E-state index contributed by atoms with van der Waals surface area (Å²) in [4.78, 5) is 17.1. The van der Waals surface area contributed by atoms with Crippen LogP contribution in [0.2, 0.25) is 0 Å². The molecule has 9 heteroatoms. The minimum atomic E-state index is -0.637. The lowest BCUT2D eigenvalue weighted by Gasteiger charge is -2.43. The Bertz CT molecular complexity index is 1260. The number of fused-ring (bicyclic) bond motifs is 2. The zero-order chi connectivity index (χ0) is 24.2. The van der Waals surface area contributed by atoms with Crippen LogP contribution in [0, 0.1) is 11.6 Å². The smallest absolute Gasteiger partial charge is 0.229 e. The van der Waals surface area contributed by atoms with Gasteiger partial charge in [0.15, 0.2) is 17.4 Å². The van der Waals surface area contributed by atoms with E-state index in [0.29, 0.717) is 23.6 Å². The van der Waals surface area contributed by atoms with Crippen LogP contribution in [-0.2, 0) is 13.1 Å². The zero-order valence-electron chi connectivity index (χ0n) is 20.0. The Morgan fingerprint density at radius 2 is 1.79 bits per heavy atom. The highest BCUT2D eigenvalue weighted by molar-refractivity contribution is 5.73. The van der Waals surface area contributed by atoms with E-state index < -0.39 is 17.2 Å². The number of rotatable bonds is 4. The van der Waals surface area contributed by atoms with Crippen molar-refractivity contribution in [3.05, 3.63) is 53.4 Å². The summed E-state index contributed by atoms with van der Waals surface area (Å²) in [5.74, 6) is -0.255. The van der Waals surface area contributed by atoms with Gasteiger partial charge in [-0.15, -0.1) is 0 Å². The Morgan fingerprint density at radius 1 is 1.03 bits per heavy atom. The van der Waals surface area contributed by atoms with Gasteiger partial charge in [-0.3, -0.25) is 4.90 Å². The van der Waals surface area contributed by atoms with E-state index in [1.165, 1.54) is 17.2 Å². The number of halogens is 2. The Morgan fingerprint density at radius 3 is 2.56 bits per heavy atom. The summed E-state index contributed by atoms with van der Waals surface area (Å²) < 4.78 is 35.9. The topological polar surface area (TPSA) is 66.4 Å². The van der Waals surface area contributed by atoms with Gasteiger partial charge in [-0.05, 0) is 64.1 Å². The molecule has 2 aliphatic heterocycles. The number of nitrogens with zero attached hydrogens (tertiary/aromatic N) is 5. The number of hydrogen-bond donors (Lipinski definition) is 1. The van der Waals surface area contributed by atoms with E-state index in [-0.39, 0.29) is 23.4 Å². The third kappa shape index (κ3) is 4.16. The summed E-state index contributed by atoms with van der Waals surface area (Å²) in [5.41, 5.74) is 2.72. The summed E-state index contributed by atoms with van der Waals surface area (Å²) in [6.45, 7) is 10.2. The molecule has 0 amide bonds. The largest absolute Gasteiger partial charge is 0.481 e. The van der Waals surface area contributed by atoms with Crippen LogP contribution in [0.4, 0.5) is 26.2 Å². The van der Waals surface area contributed by atoms with Crippen LogP contribution in [0.5, 0.6) is 5.75 Å². The molecule has 178 valence electrons. The number of benzene rings is 1. The predicted molar refractivity (Wildman–Crippen MR) is 127 cm³/mol. The Hall–Kier alpha value is -3.33. The van der Waals surface area contributed by atoms with Crippen molar-refractivity contribution in [2.45, 2.75) is 52.4 Å². The first kappa shape index (κ1) is 22.5. The lowest BCUT2D eigenvalue weighted by atomic mass is 10.0. The molecule has 0 saturated heterocycles. The van der Waals surface area contributed by atoms with E-state index in [0.717, 1.165) is 19.3 Å². The molecule has 0 radical (unpaired) electrons. The molecule has 0 saturated carbocycles. The molecule has 0 fully saturated rings. The Balaban J connectivity index is 1.50. The van der Waals surface area contributed by atoms with Crippen molar-refractivity contribution in [3.63, 3.8) is 0 Å².